The Labute approximate surface area is 244 Å². The fourth-order valence-electron chi connectivity index (χ4n) is 8.06. The van der Waals surface area contributed by atoms with Crippen molar-refractivity contribution in [2.75, 3.05) is 20.5 Å². The topological polar surface area (TPSA) is 144 Å². The third-order valence-electron chi connectivity index (χ3n) is 9.81. The molecule has 2 saturated carbocycles. The first-order valence-electron chi connectivity index (χ1n) is 14.2. The summed E-state index contributed by atoms with van der Waals surface area (Å²) in [6.07, 6.45) is 2.24. The summed E-state index contributed by atoms with van der Waals surface area (Å²) in [5.41, 5.74) is -2.63. The lowest BCUT2D eigenvalue weighted by atomic mass is 9.42. The van der Waals surface area contributed by atoms with Crippen LogP contribution in [0.4, 0.5) is 0 Å². The van der Waals surface area contributed by atoms with E-state index in [0.29, 0.717) is 24.8 Å². The van der Waals surface area contributed by atoms with Crippen molar-refractivity contribution in [3.8, 4) is 17.1 Å². The van der Waals surface area contributed by atoms with Crippen LogP contribution in [0.15, 0.2) is 39.8 Å². The fraction of sp³-hybridized carbons (Fsp3) is 0.613. The first kappa shape index (κ1) is 30.2. The standard InChI is InChI=1S/C31H39NO10/c1-17(33)38-15-30(4)22-13-24(39-16-37-6)31(5)27(29(22,3)10-9-23(30)40-18(2)34)26(35)25-21(42-31)12-20(41-28(25)36)19-8-7-11-32-14-19/h7-8,11-12,14,22-24,26-27,35H,9-10,13,15-16H2,1-6H3/t22?,23-,24-,26?,27?,29-,30-,31+/m0/s1. The second kappa shape index (κ2) is 11.1. The summed E-state index contributed by atoms with van der Waals surface area (Å²) in [7, 11) is 1.52. The van der Waals surface area contributed by atoms with Crippen LogP contribution in [0.25, 0.3) is 11.3 Å². The van der Waals surface area contributed by atoms with Gasteiger partial charge in [-0.05, 0) is 49.7 Å². The number of rotatable bonds is 7. The van der Waals surface area contributed by atoms with E-state index in [-0.39, 0.29) is 36.4 Å². The highest BCUT2D eigenvalue weighted by atomic mass is 16.7. The van der Waals surface area contributed by atoms with Crippen LogP contribution < -0.4 is 10.4 Å². The van der Waals surface area contributed by atoms with Gasteiger partial charge < -0.3 is 33.2 Å². The number of aliphatic hydroxyl groups is 1. The average molecular weight is 586 g/mol. The highest BCUT2D eigenvalue weighted by Gasteiger charge is 2.70. The van der Waals surface area contributed by atoms with Gasteiger partial charge in [0.25, 0.3) is 0 Å². The summed E-state index contributed by atoms with van der Waals surface area (Å²) >= 11 is 0. The second-order valence-electron chi connectivity index (χ2n) is 12.4. The Balaban J connectivity index is 1.65. The molecule has 3 heterocycles. The van der Waals surface area contributed by atoms with E-state index in [9.17, 15) is 19.5 Å². The summed E-state index contributed by atoms with van der Waals surface area (Å²) < 4.78 is 35.3. The van der Waals surface area contributed by atoms with Crippen molar-refractivity contribution >= 4 is 11.9 Å². The Hall–Kier alpha value is -3.28. The maximum absolute atomic E-state index is 13.5. The van der Waals surface area contributed by atoms with Gasteiger partial charge in [-0.15, -0.1) is 0 Å². The third-order valence-corrected chi connectivity index (χ3v) is 9.81. The van der Waals surface area contributed by atoms with Crippen LogP contribution in [0.1, 0.15) is 65.5 Å². The molecule has 2 aromatic rings. The molecule has 0 spiro atoms. The van der Waals surface area contributed by atoms with E-state index in [1.165, 1.54) is 21.0 Å². The molecule has 2 aliphatic carbocycles. The van der Waals surface area contributed by atoms with Crippen molar-refractivity contribution in [2.24, 2.45) is 22.7 Å². The van der Waals surface area contributed by atoms with Crippen LogP contribution in [0.3, 0.4) is 0 Å². The number of pyridine rings is 1. The number of esters is 2. The fourth-order valence-corrected chi connectivity index (χ4v) is 8.06. The SMILES string of the molecule is COCO[C@H]1CC2[C@](C)(CC[C@H](OC(C)=O)[C@@]2(C)COC(C)=O)C2C(O)c3c(cc(-c4cccnc4)oc3=O)O[C@@]21C. The molecule has 0 amide bonds. The lowest BCUT2D eigenvalue weighted by molar-refractivity contribution is -0.283. The third kappa shape index (κ3) is 4.91. The van der Waals surface area contributed by atoms with Crippen LogP contribution in [0, 0.1) is 22.7 Å². The molecule has 0 bridgehead atoms. The van der Waals surface area contributed by atoms with Gasteiger partial charge in [-0.3, -0.25) is 14.6 Å². The Morgan fingerprint density at radius 1 is 1.17 bits per heavy atom. The van der Waals surface area contributed by atoms with Crippen molar-refractivity contribution in [1.29, 1.82) is 0 Å². The Kier molecular flexibility index (Phi) is 7.97. The quantitative estimate of drug-likeness (QED) is 0.374. The van der Waals surface area contributed by atoms with E-state index in [2.05, 4.69) is 11.9 Å². The number of fused-ring (bicyclic) bond motifs is 4. The Bertz CT molecular complexity index is 1390. The minimum Gasteiger partial charge on any atom is -0.484 e. The number of carbonyl (C=O) groups excluding carboxylic acids is 2. The summed E-state index contributed by atoms with van der Waals surface area (Å²) in [4.78, 5) is 41.7. The molecule has 1 N–H and O–H groups in total. The maximum atomic E-state index is 13.5. The van der Waals surface area contributed by atoms with E-state index < -0.39 is 58.2 Å². The van der Waals surface area contributed by atoms with E-state index in [0.717, 1.165) is 0 Å². The van der Waals surface area contributed by atoms with Crippen molar-refractivity contribution in [2.45, 2.75) is 77.8 Å². The predicted octanol–water partition coefficient (Wildman–Crippen LogP) is 3.81. The highest BCUT2D eigenvalue weighted by molar-refractivity contribution is 5.67. The molecule has 2 fully saturated rings. The lowest BCUT2D eigenvalue weighted by Gasteiger charge is -2.66. The molecule has 0 radical (unpaired) electrons. The summed E-state index contributed by atoms with van der Waals surface area (Å²) in [6, 6.07) is 5.11. The molecule has 0 saturated heterocycles. The Morgan fingerprint density at radius 3 is 2.57 bits per heavy atom. The number of hydrogen-bond donors (Lipinski definition) is 1. The molecule has 3 unspecified atom stereocenters. The number of aliphatic hydroxyl groups excluding tert-OH is 1. The molecule has 11 nitrogen and oxygen atoms in total. The molecular formula is C31H39NO10. The largest absolute Gasteiger partial charge is 0.484 e. The van der Waals surface area contributed by atoms with Gasteiger partial charge >= 0.3 is 17.6 Å². The monoisotopic (exact) mass is 585 g/mol. The molecule has 42 heavy (non-hydrogen) atoms. The zero-order valence-electron chi connectivity index (χ0n) is 24.9. The summed E-state index contributed by atoms with van der Waals surface area (Å²) in [6.45, 7) is 8.57. The van der Waals surface area contributed by atoms with Crippen LogP contribution in [0.2, 0.25) is 0 Å². The van der Waals surface area contributed by atoms with Gasteiger partial charge in [0, 0.05) is 56.3 Å². The van der Waals surface area contributed by atoms with Crippen molar-refractivity contribution in [3.63, 3.8) is 0 Å². The molecule has 11 heteroatoms. The van der Waals surface area contributed by atoms with Crippen molar-refractivity contribution in [3.05, 3.63) is 46.6 Å². The molecule has 0 aromatic carbocycles. The normalized spacial score (nSPS) is 35.2. The Morgan fingerprint density at radius 2 is 1.93 bits per heavy atom. The molecule has 2 aromatic heterocycles. The first-order chi connectivity index (χ1) is 19.8. The summed E-state index contributed by atoms with van der Waals surface area (Å²) in [5.74, 6) is -1.30. The van der Waals surface area contributed by atoms with Gasteiger partial charge in [-0.25, -0.2) is 4.79 Å². The number of methoxy groups -OCH3 is 1. The van der Waals surface area contributed by atoms with Gasteiger partial charge in [-0.2, -0.15) is 0 Å². The summed E-state index contributed by atoms with van der Waals surface area (Å²) in [5, 5.41) is 12.1. The minimum absolute atomic E-state index is 0.00508. The number of nitrogens with zero attached hydrogens (tertiary/aromatic N) is 1. The van der Waals surface area contributed by atoms with Gasteiger partial charge in [0.2, 0.25) is 0 Å². The van der Waals surface area contributed by atoms with Gasteiger partial charge in [-0.1, -0.05) is 13.8 Å². The van der Waals surface area contributed by atoms with Gasteiger partial charge in [0.15, 0.2) is 0 Å². The molecule has 3 aliphatic rings. The van der Waals surface area contributed by atoms with Gasteiger partial charge in [0.05, 0.1) is 6.10 Å². The zero-order chi connectivity index (χ0) is 30.4. The number of aromatic nitrogens is 1. The average Bonchev–Trinajstić information content (AvgIpc) is 2.92. The minimum atomic E-state index is -1.26. The van der Waals surface area contributed by atoms with E-state index in [1.54, 1.807) is 30.6 Å². The second-order valence-corrected chi connectivity index (χ2v) is 12.4. The van der Waals surface area contributed by atoms with Crippen LogP contribution in [-0.4, -0.2) is 60.3 Å². The van der Waals surface area contributed by atoms with Crippen LogP contribution in [-0.2, 0) is 28.5 Å². The highest BCUT2D eigenvalue weighted by Crippen LogP contribution is 2.67. The molecule has 1 aliphatic heterocycles. The molecule has 228 valence electrons. The zero-order valence-corrected chi connectivity index (χ0v) is 24.9. The smallest absolute Gasteiger partial charge is 0.345 e. The van der Waals surface area contributed by atoms with E-state index in [1.807, 2.05) is 13.8 Å². The van der Waals surface area contributed by atoms with Crippen LogP contribution in [0.5, 0.6) is 5.75 Å². The van der Waals surface area contributed by atoms with Crippen LogP contribution >= 0.6 is 0 Å². The van der Waals surface area contributed by atoms with E-state index in [4.69, 9.17) is 28.1 Å². The lowest BCUT2D eigenvalue weighted by Crippen LogP contribution is -2.71. The number of carbonyl (C=O) groups is 2. The van der Waals surface area contributed by atoms with E-state index >= 15 is 0 Å². The number of hydrogen-bond acceptors (Lipinski definition) is 11. The first-order valence-corrected chi connectivity index (χ1v) is 14.2. The predicted molar refractivity (Wildman–Crippen MR) is 148 cm³/mol. The number of ether oxygens (including phenoxy) is 5. The van der Waals surface area contributed by atoms with Crippen molar-refractivity contribution < 1.29 is 42.8 Å². The molecular weight excluding hydrogens is 546 g/mol. The van der Waals surface area contributed by atoms with Crippen molar-refractivity contribution in [1.82, 2.24) is 4.98 Å². The maximum Gasteiger partial charge on any atom is 0.345 e. The molecule has 8 atom stereocenters. The van der Waals surface area contributed by atoms with Gasteiger partial charge in [0.1, 0.15) is 48.3 Å². The molecule has 5 rings (SSSR count).